The topological polar surface area (TPSA) is 83.0 Å². The Morgan fingerprint density at radius 1 is 1.24 bits per heavy atom. The summed E-state index contributed by atoms with van der Waals surface area (Å²) in [4.78, 5) is 30.2. The number of aliphatic imine (C=N–C) groups is 1. The van der Waals surface area contributed by atoms with E-state index in [1.165, 1.54) is 30.5 Å². The van der Waals surface area contributed by atoms with Gasteiger partial charge in [0.25, 0.3) is 0 Å². The number of carbonyl (C=O) groups is 2. The maximum atomic E-state index is 14.7. The third-order valence-electron chi connectivity index (χ3n) is 5.42. The van der Waals surface area contributed by atoms with Gasteiger partial charge in [-0.25, -0.2) is 13.6 Å². The van der Waals surface area contributed by atoms with Crippen molar-refractivity contribution in [2.24, 2.45) is 4.99 Å². The van der Waals surface area contributed by atoms with Crippen LogP contribution in [0.25, 0.3) is 0 Å². The summed E-state index contributed by atoms with van der Waals surface area (Å²) < 4.78 is 33.4. The van der Waals surface area contributed by atoms with Gasteiger partial charge in [0, 0.05) is 37.1 Å². The molecule has 2 N–H and O–H groups in total. The summed E-state index contributed by atoms with van der Waals surface area (Å²) in [5.74, 6) is -1.90. The highest BCUT2D eigenvalue weighted by molar-refractivity contribution is 6.12. The number of ether oxygens (including phenoxy) is 1. The summed E-state index contributed by atoms with van der Waals surface area (Å²) in [6.45, 7) is 6.39. The molecule has 9 heteroatoms. The van der Waals surface area contributed by atoms with Crippen LogP contribution in [0.2, 0.25) is 0 Å². The fraction of sp³-hybridized carbons (Fsp3) is 0.375. The van der Waals surface area contributed by atoms with Gasteiger partial charge in [-0.2, -0.15) is 0 Å². The van der Waals surface area contributed by atoms with Gasteiger partial charge in [-0.1, -0.05) is 6.07 Å². The van der Waals surface area contributed by atoms with E-state index in [1.807, 2.05) is 20.8 Å². The van der Waals surface area contributed by atoms with Gasteiger partial charge in [-0.05, 0) is 57.0 Å². The maximum absolute atomic E-state index is 14.7. The molecule has 0 aromatic heterocycles. The average molecular weight is 456 g/mol. The molecular weight excluding hydrogens is 430 g/mol. The maximum Gasteiger partial charge on any atom is 0.410 e. The molecule has 2 unspecified atom stereocenters. The Kier molecular flexibility index (Phi) is 6.05. The van der Waals surface area contributed by atoms with Gasteiger partial charge in [0.05, 0.1) is 11.4 Å². The summed E-state index contributed by atoms with van der Waals surface area (Å²) >= 11 is 0. The molecule has 2 aliphatic heterocycles. The third kappa shape index (κ3) is 5.30. The molecule has 7 nitrogen and oxygen atoms in total. The third-order valence-corrected chi connectivity index (χ3v) is 5.42. The number of nitrogens with zero attached hydrogens (tertiary/aromatic N) is 2. The van der Waals surface area contributed by atoms with Crippen molar-refractivity contribution in [3.63, 3.8) is 0 Å². The minimum Gasteiger partial charge on any atom is -0.444 e. The lowest BCUT2D eigenvalue weighted by Gasteiger charge is -2.24. The lowest BCUT2D eigenvalue weighted by atomic mass is 10.0. The molecule has 2 aromatic rings. The summed E-state index contributed by atoms with van der Waals surface area (Å²) in [5, 5.41) is 5.75. The molecule has 2 aliphatic rings. The number of rotatable bonds is 4. The van der Waals surface area contributed by atoms with E-state index in [0.29, 0.717) is 42.1 Å². The number of hydrogen-bond donors (Lipinski definition) is 2. The van der Waals surface area contributed by atoms with Gasteiger partial charge in [0.2, 0.25) is 5.91 Å². The van der Waals surface area contributed by atoms with E-state index in [4.69, 9.17) is 4.74 Å². The Balaban J connectivity index is 1.38. The number of benzene rings is 2. The van der Waals surface area contributed by atoms with Crippen molar-refractivity contribution >= 4 is 35.3 Å². The van der Waals surface area contributed by atoms with Gasteiger partial charge in [-0.3, -0.25) is 9.79 Å². The number of fused-ring (bicyclic) bond motifs is 1. The number of likely N-dealkylation sites (tertiary alicyclic amines) is 1. The van der Waals surface area contributed by atoms with E-state index in [-0.39, 0.29) is 18.0 Å². The van der Waals surface area contributed by atoms with Crippen LogP contribution in [0.1, 0.15) is 38.7 Å². The monoisotopic (exact) mass is 456 g/mol. The van der Waals surface area contributed by atoms with Crippen molar-refractivity contribution in [3.8, 4) is 0 Å². The molecule has 174 valence electrons. The van der Waals surface area contributed by atoms with Crippen molar-refractivity contribution in [1.82, 2.24) is 4.90 Å². The Bertz CT molecular complexity index is 1110. The number of halogens is 2. The van der Waals surface area contributed by atoms with Crippen LogP contribution in [-0.4, -0.2) is 47.8 Å². The zero-order valence-corrected chi connectivity index (χ0v) is 18.7. The Labute approximate surface area is 190 Å². The highest BCUT2D eigenvalue weighted by Gasteiger charge is 2.31. The highest BCUT2D eigenvalue weighted by Crippen LogP contribution is 2.32. The number of hydrogen-bond acceptors (Lipinski definition) is 5. The lowest BCUT2D eigenvalue weighted by Crippen LogP contribution is -2.36. The second-order valence-corrected chi connectivity index (χ2v) is 9.20. The van der Waals surface area contributed by atoms with Crippen molar-refractivity contribution < 1.29 is 23.1 Å². The number of carbonyl (C=O) groups excluding carboxylic acids is 2. The summed E-state index contributed by atoms with van der Waals surface area (Å²) in [7, 11) is 0. The van der Waals surface area contributed by atoms with Crippen molar-refractivity contribution in [3.05, 3.63) is 53.6 Å². The van der Waals surface area contributed by atoms with E-state index < -0.39 is 23.2 Å². The van der Waals surface area contributed by atoms with Gasteiger partial charge in [0.15, 0.2) is 0 Å². The van der Waals surface area contributed by atoms with Crippen LogP contribution >= 0.6 is 0 Å². The lowest BCUT2D eigenvalue weighted by molar-refractivity contribution is -0.115. The fourth-order valence-corrected chi connectivity index (χ4v) is 3.86. The van der Waals surface area contributed by atoms with Gasteiger partial charge >= 0.3 is 6.09 Å². The molecule has 1 fully saturated rings. The van der Waals surface area contributed by atoms with E-state index >= 15 is 0 Å². The first-order chi connectivity index (χ1) is 15.6. The van der Waals surface area contributed by atoms with Crippen molar-refractivity contribution in [2.45, 2.75) is 44.8 Å². The quantitative estimate of drug-likeness (QED) is 0.646. The molecule has 0 spiro atoms. The predicted octanol–water partition coefficient (Wildman–Crippen LogP) is 4.82. The fourth-order valence-electron chi connectivity index (χ4n) is 3.86. The van der Waals surface area contributed by atoms with Crippen LogP contribution in [0.5, 0.6) is 0 Å². The Hall–Kier alpha value is -3.49. The number of amides is 2. The van der Waals surface area contributed by atoms with E-state index in [0.717, 1.165) is 0 Å². The molecule has 2 atom stereocenters. The normalized spacial score (nSPS) is 20.2. The molecule has 1 saturated heterocycles. The minimum absolute atomic E-state index is 0.0968. The first-order valence-electron chi connectivity index (χ1n) is 10.8. The van der Waals surface area contributed by atoms with E-state index in [9.17, 15) is 18.4 Å². The molecule has 4 rings (SSSR count). The van der Waals surface area contributed by atoms with Crippen LogP contribution in [0.3, 0.4) is 0 Å². The minimum atomic E-state index is -0.668. The average Bonchev–Trinajstić information content (AvgIpc) is 3.30. The standard InChI is InChI=1S/C24H26F2N4O3/c1-24(2,3)33-23(32)30-9-8-16(13-30)28-20-7-5-15(11-19(20)26)27-12-18-17-6-4-14(25)10-21(17)29-22(18)31/h4-7,10-12,16,18,28H,8-9,13H2,1-3H3,(H,29,31). The molecule has 0 radical (unpaired) electrons. The van der Waals surface area contributed by atoms with Crippen LogP contribution in [0.4, 0.5) is 30.6 Å². The largest absolute Gasteiger partial charge is 0.444 e. The van der Waals surface area contributed by atoms with Gasteiger partial charge in [-0.15, -0.1) is 0 Å². The van der Waals surface area contributed by atoms with E-state index in [2.05, 4.69) is 15.6 Å². The van der Waals surface area contributed by atoms with Gasteiger partial charge in [0.1, 0.15) is 23.2 Å². The summed E-state index contributed by atoms with van der Waals surface area (Å²) in [5.41, 5.74) is 1.13. The zero-order valence-electron chi connectivity index (χ0n) is 18.7. The number of anilines is 2. The molecule has 2 amide bonds. The molecule has 0 aliphatic carbocycles. The zero-order chi connectivity index (χ0) is 23.8. The first-order valence-corrected chi connectivity index (χ1v) is 10.8. The highest BCUT2D eigenvalue weighted by atomic mass is 19.1. The Morgan fingerprint density at radius 2 is 2.03 bits per heavy atom. The smallest absolute Gasteiger partial charge is 0.410 e. The first kappa shape index (κ1) is 22.7. The SMILES string of the molecule is CC(C)(C)OC(=O)N1CCC(Nc2ccc(N=CC3C(=O)Nc4cc(F)ccc43)cc2F)C1. The second kappa shape index (κ2) is 8.80. The van der Waals surface area contributed by atoms with Crippen LogP contribution in [0, 0.1) is 11.6 Å². The molecule has 2 aromatic carbocycles. The van der Waals surface area contributed by atoms with Crippen LogP contribution in [0.15, 0.2) is 41.4 Å². The molecule has 2 heterocycles. The van der Waals surface area contributed by atoms with Crippen LogP contribution < -0.4 is 10.6 Å². The van der Waals surface area contributed by atoms with Gasteiger partial charge < -0.3 is 20.3 Å². The predicted molar refractivity (Wildman–Crippen MR) is 122 cm³/mol. The summed E-state index contributed by atoms with van der Waals surface area (Å²) in [6.07, 6.45) is 1.73. The molecular formula is C24H26F2N4O3. The van der Waals surface area contributed by atoms with Crippen molar-refractivity contribution in [1.29, 1.82) is 0 Å². The van der Waals surface area contributed by atoms with Crippen molar-refractivity contribution in [2.75, 3.05) is 23.7 Å². The second-order valence-electron chi connectivity index (χ2n) is 9.20. The summed E-state index contributed by atoms with van der Waals surface area (Å²) in [6, 6.07) is 8.48. The van der Waals surface area contributed by atoms with Crippen LogP contribution in [-0.2, 0) is 9.53 Å². The molecule has 0 saturated carbocycles. The number of nitrogens with one attached hydrogen (secondary N) is 2. The van der Waals surface area contributed by atoms with E-state index in [1.54, 1.807) is 17.0 Å². The Morgan fingerprint density at radius 3 is 2.76 bits per heavy atom. The molecule has 0 bridgehead atoms. The molecule has 33 heavy (non-hydrogen) atoms.